The summed E-state index contributed by atoms with van der Waals surface area (Å²) in [5.41, 5.74) is 0. The quantitative estimate of drug-likeness (QED) is 0.779. The second kappa shape index (κ2) is 8.72. The Balaban J connectivity index is 0.000000921. The number of nitrogens with zero attached hydrogens (tertiary/aromatic N) is 1. The lowest BCUT2D eigenvalue weighted by Gasteiger charge is -2.31. The van der Waals surface area contributed by atoms with Crippen molar-refractivity contribution < 1.29 is 4.79 Å². The monoisotopic (exact) mass is 214 g/mol. The Morgan fingerprint density at radius 2 is 1.80 bits per heavy atom. The van der Waals surface area contributed by atoms with Gasteiger partial charge in [-0.3, -0.25) is 4.79 Å². The maximum Gasteiger partial charge on any atom is 0.219 e. The minimum atomic E-state index is 0.190. The van der Waals surface area contributed by atoms with Crippen LogP contribution in [0, 0.1) is 0 Å². The van der Waals surface area contributed by atoms with Crippen molar-refractivity contribution in [2.45, 2.75) is 53.0 Å². The van der Waals surface area contributed by atoms with Crippen LogP contribution in [0.3, 0.4) is 0 Å². The van der Waals surface area contributed by atoms with Crippen molar-refractivity contribution in [1.29, 1.82) is 0 Å². The number of rotatable bonds is 3. The first-order valence-electron chi connectivity index (χ1n) is 6.28. The van der Waals surface area contributed by atoms with Crippen LogP contribution in [0.1, 0.15) is 47.0 Å². The summed E-state index contributed by atoms with van der Waals surface area (Å²) in [5.74, 6) is 0.190. The standard InChI is InChI=1S/C10H20N2O.C2H6/c1-3-10(13)11-9-5-7-12(4-2)8-6-9;1-2/h9H,3-8H2,1-2H3,(H,11,13);1-2H3. The van der Waals surface area contributed by atoms with E-state index in [0.717, 1.165) is 32.5 Å². The molecule has 3 nitrogen and oxygen atoms in total. The molecule has 1 heterocycles. The number of likely N-dealkylation sites (tertiary alicyclic amines) is 1. The Bertz CT molecular complexity index is 163. The molecule has 1 N–H and O–H groups in total. The third kappa shape index (κ3) is 5.78. The number of hydrogen-bond donors (Lipinski definition) is 1. The molecule has 1 amide bonds. The molecule has 1 rings (SSSR count). The zero-order chi connectivity index (χ0) is 11.7. The van der Waals surface area contributed by atoms with Crippen LogP contribution < -0.4 is 5.32 Å². The molecule has 0 radical (unpaired) electrons. The molecule has 0 atom stereocenters. The van der Waals surface area contributed by atoms with Crippen molar-refractivity contribution in [3.05, 3.63) is 0 Å². The van der Waals surface area contributed by atoms with Gasteiger partial charge in [0.05, 0.1) is 0 Å². The number of amides is 1. The number of nitrogens with one attached hydrogen (secondary N) is 1. The van der Waals surface area contributed by atoms with Gasteiger partial charge < -0.3 is 10.2 Å². The van der Waals surface area contributed by atoms with Crippen molar-refractivity contribution in [3.8, 4) is 0 Å². The molecule has 0 saturated carbocycles. The molecule has 1 saturated heterocycles. The van der Waals surface area contributed by atoms with Gasteiger partial charge in [-0.15, -0.1) is 0 Å². The lowest BCUT2D eigenvalue weighted by atomic mass is 10.1. The van der Waals surface area contributed by atoms with Crippen LogP contribution in [0.2, 0.25) is 0 Å². The Labute approximate surface area is 94.2 Å². The number of piperidine rings is 1. The van der Waals surface area contributed by atoms with Crippen molar-refractivity contribution in [2.24, 2.45) is 0 Å². The van der Waals surface area contributed by atoms with Crippen LogP contribution in [0.5, 0.6) is 0 Å². The van der Waals surface area contributed by atoms with Gasteiger partial charge >= 0.3 is 0 Å². The highest BCUT2D eigenvalue weighted by atomic mass is 16.1. The summed E-state index contributed by atoms with van der Waals surface area (Å²) < 4.78 is 0. The van der Waals surface area contributed by atoms with E-state index in [1.807, 2.05) is 20.8 Å². The van der Waals surface area contributed by atoms with Gasteiger partial charge in [0.25, 0.3) is 0 Å². The fraction of sp³-hybridized carbons (Fsp3) is 0.917. The first kappa shape index (κ1) is 14.4. The molecule has 0 spiro atoms. The molecular weight excluding hydrogens is 188 g/mol. The van der Waals surface area contributed by atoms with Gasteiger partial charge in [-0.05, 0) is 19.4 Å². The van der Waals surface area contributed by atoms with E-state index < -0.39 is 0 Å². The second-order valence-corrected chi connectivity index (χ2v) is 3.63. The Morgan fingerprint density at radius 1 is 1.27 bits per heavy atom. The van der Waals surface area contributed by atoms with Crippen molar-refractivity contribution in [2.75, 3.05) is 19.6 Å². The van der Waals surface area contributed by atoms with Gasteiger partial charge in [-0.25, -0.2) is 0 Å². The third-order valence-electron chi connectivity index (χ3n) is 2.72. The van der Waals surface area contributed by atoms with Gasteiger partial charge in [0, 0.05) is 25.6 Å². The average Bonchev–Trinajstić information content (AvgIpc) is 2.32. The highest BCUT2D eigenvalue weighted by molar-refractivity contribution is 5.75. The topological polar surface area (TPSA) is 32.3 Å². The maximum absolute atomic E-state index is 11.1. The predicted molar refractivity (Wildman–Crippen MR) is 64.9 cm³/mol. The number of carbonyl (C=O) groups excluding carboxylic acids is 1. The molecule has 0 bridgehead atoms. The van der Waals surface area contributed by atoms with Crippen LogP contribution in [0.25, 0.3) is 0 Å². The first-order valence-corrected chi connectivity index (χ1v) is 6.28. The lowest BCUT2D eigenvalue weighted by molar-refractivity contribution is -0.121. The molecule has 1 fully saturated rings. The van der Waals surface area contributed by atoms with Crippen LogP contribution in [-0.4, -0.2) is 36.5 Å². The van der Waals surface area contributed by atoms with Gasteiger partial charge in [-0.2, -0.15) is 0 Å². The lowest BCUT2D eigenvalue weighted by Crippen LogP contribution is -2.44. The average molecular weight is 214 g/mol. The summed E-state index contributed by atoms with van der Waals surface area (Å²) in [6, 6.07) is 0.426. The summed E-state index contributed by atoms with van der Waals surface area (Å²) in [6.45, 7) is 11.5. The van der Waals surface area contributed by atoms with E-state index in [0.29, 0.717) is 12.5 Å². The normalized spacial score (nSPS) is 17.9. The second-order valence-electron chi connectivity index (χ2n) is 3.63. The number of carbonyl (C=O) groups is 1. The van der Waals surface area contributed by atoms with E-state index in [-0.39, 0.29) is 5.91 Å². The molecule has 3 heteroatoms. The largest absolute Gasteiger partial charge is 0.353 e. The van der Waals surface area contributed by atoms with Crippen LogP contribution in [-0.2, 0) is 4.79 Å². The number of hydrogen-bond acceptors (Lipinski definition) is 2. The SMILES string of the molecule is CC.CCC(=O)NC1CCN(CC)CC1. The molecule has 1 aliphatic rings. The minimum absolute atomic E-state index is 0.190. The Hall–Kier alpha value is -0.570. The molecule has 0 aromatic rings. The summed E-state index contributed by atoms with van der Waals surface area (Å²) in [4.78, 5) is 13.5. The fourth-order valence-electron chi connectivity index (χ4n) is 1.72. The van der Waals surface area contributed by atoms with E-state index >= 15 is 0 Å². The van der Waals surface area contributed by atoms with Crippen molar-refractivity contribution >= 4 is 5.91 Å². The van der Waals surface area contributed by atoms with E-state index in [1.165, 1.54) is 0 Å². The van der Waals surface area contributed by atoms with Gasteiger partial charge in [0.15, 0.2) is 0 Å². The van der Waals surface area contributed by atoms with Gasteiger partial charge in [-0.1, -0.05) is 27.7 Å². The summed E-state index contributed by atoms with van der Waals surface area (Å²) in [5, 5.41) is 3.05. The fourth-order valence-corrected chi connectivity index (χ4v) is 1.72. The maximum atomic E-state index is 11.1. The van der Waals surface area contributed by atoms with E-state index in [9.17, 15) is 4.79 Å². The zero-order valence-electron chi connectivity index (χ0n) is 10.7. The first-order chi connectivity index (χ1) is 7.26. The van der Waals surface area contributed by atoms with Crippen molar-refractivity contribution in [3.63, 3.8) is 0 Å². The molecule has 90 valence electrons. The summed E-state index contributed by atoms with van der Waals surface area (Å²) in [6.07, 6.45) is 2.83. The summed E-state index contributed by atoms with van der Waals surface area (Å²) in [7, 11) is 0. The van der Waals surface area contributed by atoms with Gasteiger partial charge in [0.1, 0.15) is 0 Å². The highest BCUT2D eigenvalue weighted by Crippen LogP contribution is 2.09. The minimum Gasteiger partial charge on any atom is -0.353 e. The Kier molecular flexibility index (Phi) is 8.38. The van der Waals surface area contributed by atoms with E-state index in [4.69, 9.17) is 0 Å². The van der Waals surface area contributed by atoms with Crippen LogP contribution in [0.15, 0.2) is 0 Å². The predicted octanol–water partition coefficient (Wildman–Crippen LogP) is 2.02. The highest BCUT2D eigenvalue weighted by Gasteiger charge is 2.18. The molecular formula is C12H26N2O. The van der Waals surface area contributed by atoms with E-state index in [1.54, 1.807) is 0 Å². The van der Waals surface area contributed by atoms with Crippen LogP contribution in [0.4, 0.5) is 0 Å². The van der Waals surface area contributed by atoms with Crippen molar-refractivity contribution in [1.82, 2.24) is 10.2 Å². The summed E-state index contributed by atoms with van der Waals surface area (Å²) >= 11 is 0. The smallest absolute Gasteiger partial charge is 0.219 e. The molecule has 1 aliphatic heterocycles. The zero-order valence-corrected chi connectivity index (χ0v) is 10.7. The molecule has 0 aromatic heterocycles. The van der Waals surface area contributed by atoms with Gasteiger partial charge in [0.2, 0.25) is 5.91 Å². The Morgan fingerprint density at radius 3 is 2.20 bits per heavy atom. The molecule has 0 aliphatic carbocycles. The molecule has 15 heavy (non-hydrogen) atoms. The van der Waals surface area contributed by atoms with Crippen LogP contribution >= 0.6 is 0 Å². The van der Waals surface area contributed by atoms with E-state index in [2.05, 4.69) is 17.1 Å². The third-order valence-corrected chi connectivity index (χ3v) is 2.72. The molecule has 0 aromatic carbocycles. The molecule has 0 unspecified atom stereocenters.